The van der Waals surface area contributed by atoms with E-state index in [1.807, 2.05) is 50.2 Å². The summed E-state index contributed by atoms with van der Waals surface area (Å²) in [6, 6.07) is 14.6. The van der Waals surface area contributed by atoms with Crippen LogP contribution in [0.25, 0.3) is 5.69 Å². The first-order valence-electron chi connectivity index (χ1n) is 12.9. The summed E-state index contributed by atoms with van der Waals surface area (Å²) < 4.78 is 1.49. The molecule has 2 amide bonds. The summed E-state index contributed by atoms with van der Waals surface area (Å²) in [5, 5.41) is 14.5. The average molecular weight is 501 g/mol. The number of rotatable bonds is 6. The van der Waals surface area contributed by atoms with E-state index in [-0.39, 0.29) is 35.2 Å². The van der Waals surface area contributed by atoms with E-state index in [1.165, 1.54) is 10.9 Å². The van der Waals surface area contributed by atoms with Gasteiger partial charge >= 0.3 is 5.97 Å². The maximum atomic E-state index is 13.5. The second-order valence-corrected chi connectivity index (χ2v) is 10.4. The van der Waals surface area contributed by atoms with Crippen LogP contribution in [0.3, 0.4) is 0 Å². The minimum absolute atomic E-state index is 0.0134. The van der Waals surface area contributed by atoms with Crippen molar-refractivity contribution in [3.05, 3.63) is 71.4 Å². The Bertz CT molecular complexity index is 1340. The summed E-state index contributed by atoms with van der Waals surface area (Å²) >= 11 is 0. The summed E-state index contributed by atoms with van der Waals surface area (Å²) in [6.45, 7) is 6.48. The summed E-state index contributed by atoms with van der Waals surface area (Å²) in [5.74, 6) is -0.572. The second-order valence-electron chi connectivity index (χ2n) is 10.4. The number of carbonyl (C=O) groups excluding carboxylic acids is 2. The summed E-state index contributed by atoms with van der Waals surface area (Å²) in [6.07, 6.45) is 5.08. The van der Waals surface area contributed by atoms with Crippen LogP contribution in [-0.2, 0) is 11.3 Å². The molecule has 3 aromatic rings. The number of benzene rings is 2. The maximum absolute atomic E-state index is 13.5. The first-order chi connectivity index (χ1) is 17.7. The number of carboxylic acids is 1. The molecule has 0 bridgehead atoms. The van der Waals surface area contributed by atoms with Crippen molar-refractivity contribution in [1.29, 1.82) is 0 Å². The highest BCUT2D eigenvalue weighted by Crippen LogP contribution is 2.33. The molecule has 0 saturated heterocycles. The highest BCUT2D eigenvalue weighted by Gasteiger charge is 2.34. The lowest BCUT2D eigenvalue weighted by Crippen LogP contribution is -2.43. The van der Waals surface area contributed by atoms with E-state index >= 15 is 0 Å². The summed E-state index contributed by atoms with van der Waals surface area (Å²) in [4.78, 5) is 41.8. The minimum atomic E-state index is -1.13. The number of anilines is 2. The Labute approximate surface area is 216 Å². The number of hydrogen-bond acceptors (Lipinski definition) is 4. The van der Waals surface area contributed by atoms with Gasteiger partial charge in [-0.3, -0.25) is 14.5 Å². The van der Waals surface area contributed by atoms with Crippen molar-refractivity contribution in [3.63, 3.8) is 0 Å². The van der Waals surface area contributed by atoms with E-state index in [0.29, 0.717) is 23.7 Å². The predicted octanol–water partition coefficient (Wildman–Crippen LogP) is 5.30. The topological polar surface area (TPSA) is 95.7 Å². The highest BCUT2D eigenvalue weighted by atomic mass is 16.4. The molecule has 0 spiro atoms. The maximum Gasteiger partial charge on any atom is 0.341 e. The van der Waals surface area contributed by atoms with Gasteiger partial charge in [0, 0.05) is 29.4 Å². The Hall–Kier alpha value is -3.94. The molecule has 1 N–H and O–H groups in total. The fraction of sp³-hybridized carbons (Fsp3) is 0.379. The molecule has 1 fully saturated rings. The molecule has 2 aromatic carbocycles. The van der Waals surface area contributed by atoms with Gasteiger partial charge in [0.05, 0.1) is 12.2 Å². The number of aromatic nitrogens is 2. The SMILES string of the molecule is CC1CCC(C(=O)N(c2nn(-c3ccc(N4Cc5ccccc5C4=O)cc3)cc2C(=O)O)C(C)C)CC1. The second kappa shape index (κ2) is 9.84. The van der Waals surface area contributed by atoms with Crippen LogP contribution in [0.1, 0.15) is 72.7 Å². The fourth-order valence-corrected chi connectivity index (χ4v) is 5.38. The molecule has 8 heteroatoms. The number of nitrogens with zero attached hydrogens (tertiary/aromatic N) is 4. The molecule has 8 nitrogen and oxygen atoms in total. The third-order valence-electron chi connectivity index (χ3n) is 7.52. The average Bonchev–Trinajstić information content (AvgIpc) is 3.47. The van der Waals surface area contributed by atoms with Gasteiger partial charge in [-0.15, -0.1) is 5.10 Å². The van der Waals surface area contributed by atoms with Crippen molar-refractivity contribution < 1.29 is 19.5 Å². The molecule has 1 aromatic heterocycles. The van der Waals surface area contributed by atoms with E-state index in [9.17, 15) is 19.5 Å². The predicted molar refractivity (Wildman–Crippen MR) is 141 cm³/mol. The standard InChI is InChI=1S/C29H32N4O4/c1-18(2)33(27(34)20-10-8-19(3)9-11-20)26-25(29(36)37)17-32(30-26)23-14-12-22(13-15-23)31-16-21-6-4-5-7-24(21)28(31)35/h4-7,12-15,17-20H,8-11,16H2,1-3H3,(H,36,37). The molecule has 2 heterocycles. The number of hydrogen-bond donors (Lipinski definition) is 1. The Morgan fingerprint density at radius 1 is 1.00 bits per heavy atom. The van der Waals surface area contributed by atoms with Crippen LogP contribution < -0.4 is 9.80 Å². The van der Waals surface area contributed by atoms with Gasteiger partial charge in [-0.2, -0.15) is 0 Å². The monoisotopic (exact) mass is 500 g/mol. The Morgan fingerprint density at radius 3 is 2.27 bits per heavy atom. The molecule has 0 atom stereocenters. The van der Waals surface area contributed by atoms with Gasteiger partial charge in [-0.25, -0.2) is 9.48 Å². The molecule has 0 unspecified atom stereocenters. The normalized spacial score (nSPS) is 19.2. The van der Waals surface area contributed by atoms with E-state index in [1.54, 1.807) is 21.9 Å². The Morgan fingerprint density at radius 2 is 1.65 bits per heavy atom. The third-order valence-corrected chi connectivity index (χ3v) is 7.52. The largest absolute Gasteiger partial charge is 0.477 e. The van der Waals surface area contributed by atoms with Crippen molar-refractivity contribution in [2.45, 2.75) is 59.0 Å². The summed E-state index contributed by atoms with van der Waals surface area (Å²) in [5.41, 5.74) is 3.08. The van der Waals surface area contributed by atoms with Crippen LogP contribution in [0.5, 0.6) is 0 Å². The van der Waals surface area contributed by atoms with Gasteiger partial charge < -0.3 is 10.0 Å². The number of carbonyl (C=O) groups is 3. The quantitative estimate of drug-likeness (QED) is 0.496. The molecule has 5 rings (SSSR count). The first-order valence-corrected chi connectivity index (χ1v) is 12.9. The lowest BCUT2D eigenvalue weighted by Gasteiger charge is -2.32. The fourth-order valence-electron chi connectivity index (χ4n) is 5.38. The highest BCUT2D eigenvalue weighted by molar-refractivity contribution is 6.10. The van der Waals surface area contributed by atoms with Crippen LogP contribution in [-0.4, -0.2) is 38.7 Å². The van der Waals surface area contributed by atoms with Crippen molar-refractivity contribution in [2.75, 3.05) is 9.80 Å². The molecule has 0 radical (unpaired) electrons. The van der Waals surface area contributed by atoms with E-state index in [4.69, 9.17) is 0 Å². The van der Waals surface area contributed by atoms with Gasteiger partial charge in [0.1, 0.15) is 5.56 Å². The molecule has 1 saturated carbocycles. The van der Waals surface area contributed by atoms with Crippen LogP contribution in [0.4, 0.5) is 11.5 Å². The minimum Gasteiger partial charge on any atom is -0.477 e. The molecule has 1 aliphatic carbocycles. The van der Waals surface area contributed by atoms with Crippen LogP contribution in [0.15, 0.2) is 54.7 Å². The Kier molecular flexibility index (Phi) is 6.58. The van der Waals surface area contributed by atoms with Crippen LogP contribution in [0, 0.1) is 11.8 Å². The molecule has 2 aliphatic rings. The van der Waals surface area contributed by atoms with Gasteiger partial charge in [0.2, 0.25) is 5.91 Å². The molecular weight excluding hydrogens is 468 g/mol. The van der Waals surface area contributed by atoms with Gasteiger partial charge in [0.15, 0.2) is 5.82 Å². The molecule has 1 aliphatic heterocycles. The van der Waals surface area contributed by atoms with E-state index in [2.05, 4.69) is 12.0 Å². The zero-order chi connectivity index (χ0) is 26.3. The van der Waals surface area contributed by atoms with Crippen molar-refractivity contribution >= 4 is 29.3 Å². The van der Waals surface area contributed by atoms with Crippen molar-refractivity contribution in [3.8, 4) is 5.69 Å². The van der Waals surface area contributed by atoms with E-state index < -0.39 is 5.97 Å². The zero-order valence-corrected chi connectivity index (χ0v) is 21.4. The molecule has 192 valence electrons. The lowest BCUT2D eigenvalue weighted by atomic mass is 9.82. The number of carboxylic acid groups (broad SMARTS) is 1. The van der Waals surface area contributed by atoms with Gasteiger partial charge in [-0.1, -0.05) is 25.1 Å². The number of amides is 2. The van der Waals surface area contributed by atoms with Gasteiger partial charge in [0.25, 0.3) is 5.91 Å². The van der Waals surface area contributed by atoms with Crippen molar-refractivity contribution in [2.24, 2.45) is 11.8 Å². The molecule has 37 heavy (non-hydrogen) atoms. The van der Waals surface area contributed by atoms with Crippen LogP contribution in [0.2, 0.25) is 0 Å². The third kappa shape index (κ3) is 4.63. The zero-order valence-electron chi connectivity index (χ0n) is 21.4. The first kappa shape index (κ1) is 24.7. The van der Waals surface area contributed by atoms with Crippen LogP contribution >= 0.6 is 0 Å². The summed E-state index contributed by atoms with van der Waals surface area (Å²) in [7, 11) is 0. The number of aromatic carboxylic acids is 1. The Balaban J connectivity index is 1.43. The van der Waals surface area contributed by atoms with E-state index in [0.717, 1.165) is 36.9 Å². The van der Waals surface area contributed by atoms with Crippen molar-refractivity contribution in [1.82, 2.24) is 9.78 Å². The number of fused-ring (bicyclic) bond motifs is 1. The smallest absolute Gasteiger partial charge is 0.341 e. The molecular formula is C29H32N4O4. The van der Waals surface area contributed by atoms with Gasteiger partial charge in [-0.05, 0) is 81.3 Å². The lowest BCUT2D eigenvalue weighted by molar-refractivity contribution is -0.124.